The van der Waals surface area contributed by atoms with E-state index in [4.69, 9.17) is 0 Å². The third kappa shape index (κ3) is 4.52. The van der Waals surface area contributed by atoms with Gasteiger partial charge in [-0.3, -0.25) is 9.00 Å². The van der Waals surface area contributed by atoms with Crippen LogP contribution in [0.4, 0.5) is 5.82 Å². The van der Waals surface area contributed by atoms with Crippen LogP contribution in [0, 0.1) is 0 Å². The molecule has 0 aromatic carbocycles. The van der Waals surface area contributed by atoms with Crippen molar-refractivity contribution < 1.29 is 9.00 Å². The van der Waals surface area contributed by atoms with Crippen molar-refractivity contribution in [2.24, 2.45) is 0 Å². The van der Waals surface area contributed by atoms with Gasteiger partial charge in [0.2, 0.25) is 0 Å². The number of carbonyl (C=O) groups excluding carboxylic acids is 1. The summed E-state index contributed by atoms with van der Waals surface area (Å²) >= 11 is 0. The highest BCUT2D eigenvalue weighted by Gasteiger charge is 2.20. The van der Waals surface area contributed by atoms with E-state index in [0.717, 1.165) is 37.2 Å². The Hall–Kier alpha value is -1.43. The monoisotopic (exact) mass is 309 g/mol. The molecule has 0 atom stereocenters. The van der Waals surface area contributed by atoms with Gasteiger partial charge < -0.3 is 10.6 Å². The molecule has 1 aromatic rings. The fraction of sp³-hybridized carbons (Fsp3) is 0.600. The number of aryl methyl sites for hydroxylation is 1. The lowest BCUT2D eigenvalue weighted by Gasteiger charge is -2.22. The van der Waals surface area contributed by atoms with Crippen LogP contribution in [0.25, 0.3) is 0 Å². The summed E-state index contributed by atoms with van der Waals surface area (Å²) in [5.74, 6) is 2.02. The van der Waals surface area contributed by atoms with Crippen molar-refractivity contribution in [1.82, 2.24) is 10.3 Å². The zero-order valence-electron chi connectivity index (χ0n) is 12.6. The van der Waals surface area contributed by atoms with Crippen LogP contribution in [-0.2, 0) is 17.2 Å². The van der Waals surface area contributed by atoms with Crippen LogP contribution in [-0.4, -0.2) is 39.7 Å². The second-order valence-corrected chi connectivity index (χ2v) is 7.02. The number of rotatable bonds is 5. The van der Waals surface area contributed by atoms with E-state index >= 15 is 0 Å². The van der Waals surface area contributed by atoms with Gasteiger partial charge >= 0.3 is 0 Å². The maximum Gasteiger partial charge on any atom is 0.251 e. The summed E-state index contributed by atoms with van der Waals surface area (Å²) in [6, 6.07) is 3.77. The first-order valence-corrected chi connectivity index (χ1v) is 8.95. The van der Waals surface area contributed by atoms with E-state index in [0.29, 0.717) is 17.1 Å². The molecule has 0 saturated carbocycles. The van der Waals surface area contributed by atoms with Crippen molar-refractivity contribution in [1.29, 1.82) is 0 Å². The summed E-state index contributed by atoms with van der Waals surface area (Å²) in [5, 5.41) is 6.05. The lowest BCUT2D eigenvalue weighted by atomic mass is 10.1. The number of aromatic nitrogens is 1. The van der Waals surface area contributed by atoms with Gasteiger partial charge in [0.15, 0.2) is 0 Å². The van der Waals surface area contributed by atoms with Crippen molar-refractivity contribution >= 4 is 22.5 Å². The van der Waals surface area contributed by atoms with Gasteiger partial charge in [0.1, 0.15) is 5.82 Å². The summed E-state index contributed by atoms with van der Waals surface area (Å²) in [7, 11) is 1.10. The van der Waals surface area contributed by atoms with Crippen molar-refractivity contribution in [3.05, 3.63) is 23.4 Å². The molecule has 21 heavy (non-hydrogen) atoms. The molecule has 1 saturated heterocycles. The molecule has 5 nitrogen and oxygen atoms in total. The second-order valence-electron chi connectivity index (χ2n) is 5.33. The van der Waals surface area contributed by atoms with Crippen LogP contribution < -0.4 is 10.6 Å². The molecule has 1 aromatic heterocycles. The minimum atomic E-state index is -0.703. The van der Waals surface area contributed by atoms with Crippen LogP contribution in [0.15, 0.2) is 12.1 Å². The number of anilines is 1. The van der Waals surface area contributed by atoms with Crippen LogP contribution in [0.3, 0.4) is 0 Å². The molecule has 0 spiro atoms. The standard InChI is InChI=1S/C15H23N3O2S/c1-3-4-13-9-11(10-14(16-2)17-13)15(19)18-12-5-7-21(20)8-6-12/h9-10,12H,3-8H2,1-2H3,(H,16,17)(H,18,19). The molecule has 0 aliphatic carbocycles. The van der Waals surface area contributed by atoms with E-state index in [1.165, 1.54) is 0 Å². The Labute approximate surface area is 128 Å². The zero-order chi connectivity index (χ0) is 15.2. The van der Waals surface area contributed by atoms with Gasteiger partial charge in [-0.2, -0.15) is 0 Å². The summed E-state index contributed by atoms with van der Waals surface area (Å²) < 4.78 is 11.3. The van der Waals surface area contributed by atoms with E-state index in [2.05, 4.69) is 22.5 Å². The normalized spacial score (nSPS) is 21.8. The Balaban J connectivity index is 2.07. The third-order valence-electron chi connectivity index (χ3n) is 3.63. The number of hydrogen-bond donors (Lipinski definition) is 2. The highest BCUT2D eigenvalue weighted by atomic mass is 32.2. The van der Waals surface area contributed by atoms with Crippen LogP contribution in [0.1, 0.15) is 42.2 Å². The highest BCUT2D eigenvalue weighted by molar-refractivity contribution is 7.85. The van der Waals surface area contributed by atoms with Gasteiger partial charge in [0.05, 0.1) is 0 Å². The van der Waals surface area contributed by atoms with Crippen molar-refractivity contribution in [3.63, 3.8) is 0 Å². The van der Waals surface area contributed by atoms with Crippen LogP contribution in [0.2, 0.25) is 0 Å². The third-order valence-corrected chi connectivity index (χ3v) is 5.01. The van der Waals surface area contributed by atoms with E-state index < -0.39 is 10.8 Å². The average Bonchev–Trinajstić information content (AvgIpc) is 2.49. The largest absolute Gasteiger partial charge is 0.373 e. The molecule has 2 N–H and O–H groups in total. The molecule has 6 heteroatoms. The van der Waals surface area contributed by atoms with Gasteiger partial charge in [-0.15, -0.1) is 0 Å². The molecule has 1 aliphatic heterocycles. The number of hydrogen-bond acceptors (Lipinski definition) is 4. The number of amides is 1. The molecule has 0 radical (unpaired) electrons. The van der Waals surface area contributed by atoms with Crippen LogP contribution >= 0.6 is 0 Å². The minimum Gasteiger partial charge on any atom is -0.373 e. The van der Waals surface area contributed by atoms with Gasteiger partial charge in [-0.1, -0.05) is 13.3 Å². The zero-order valence-corrected chi connectivity index (χ0v) is 13.5. The van der Waals surface area contributed by atoms with Gasteiger partial charge in [-0.25, -0.2) is 4.98 Å². The minimum absolute atomic E-state index is 0.0658. The van der Waals surface area contributed by atoms with E-state index in [-0.39, 0.29) is 11.9 Å². The smallest absolute Gasteiger partial charge is 0.251 e. The molecule has 1 fully saturated rings. The Morgan fingerprint density at radius 2 is 2.10 bits per heavy atom. The van der Waals surface area contributed by atoms with Crippen molar-refractivity contribution in [2.75, 3.05) is 23.9 Å². The maximum atomic E-state index is 12.4. The Morgan fingerprint density at radius 3 is 2.71 bits per heavy atom. The quantitative estimate of drug-likeness (QED) is 0.869. The lowest BCUT2D eigenvalue weighted by molar-refractivity contribution is 0.0934. The highest BCUT2D eigenvalue weighted by Crippen LogP contribution is 2.14. The summed E-state index contributed by atoms with van der Waals surface area (Å²) in [5.41, 5.74) is 1.57. The molecular weight excluding hydrogens is 286 g/mol. The molecule has 0 bridgehead atoms. The molecule has 2 heterocycles. The molecule has 1 amide bonds. The summed E-state index contributed by atoms with van der Waals surface area (Å²) in [6.07, 6.45) is 3.45. The fourth-order valence-corrected chi connectivity index (χ4v) is 3.74. The molecular formula is C15H23N3O2S. The number of nitrogens with one attached hydrogen (secondary N) is 2. The van der Waals surface area contributed by atoms with Gasteiger partial charge in [0, 0.05) is 46.7 Å². The first-order valence-electron chi connectivity index (χ1n) is 7.47. The van der Waals surface area contributed by atoms with Crippen LogP contribution in [0.5, 0.6) is 0 Å². The molecule has 0 unspecified atom stereocenters. The topological polar surface area (TPSA) is 71.1 Å². The summed E-state index contributed by atoms with van der Waals surface area (Å²) in [4.78, 5) is 16.8. The second kappa shape index (κ2) is 7.54. The molecule has 1 aliphatic rings. The lowest BCUT2D eigenvalue weighted by Crippen LogP contribution is -2.39. The predicted octanol–water partition coefficient (Wildman–Crippen LogP) is 1.72. The predicted molar refractivity (Wildman–Crippen MR) is 86.1 cm³/mol. The van der Waals surface area contributed by atoms with E-state index in [1.54, 1.807) is 13.1 Å². The Kier molecular flexibility index (Phi) is 5.73. The van der Waals surface area contributed by atoms with E-state index in [1.807, 2.05) is 6.07 Å². The molecule has 2 rings (SSSR count). The van der Waals surface area contributed by atoms with Gasteiger partial charge in [-0.05, 0) is 31.4 Å². The van der Waals surface area contributed by atoms with E-state index in [9.17, 15) is 9.00 Å². The first-order chi connectivity index (χ1) is 10.1. The SMILES string of the molecule is CCCc1cc(C(=O)NC2CCS(=O)CC2)cc(NC)n1. The van der Waals surface area contributed by atoms with Gasteiger partial charge in [0.25, 0.3) is 5.91 Å². The number of nitrogens with zero attached hydrogens (tertiary/aromatic N) is 1. The number of carbonyl (C=O) groups is 1. The fourth-order valence-electron chi connectivity index (χ4n) is 2.44. The molecule has 116 valence electrons. The van der Waals surface area contributed by atoms with Crippen molar-refractivity contribution in [2.45, 2.75) is 38.6 Å². The Morgan fingerprint density at radius 1 is 1.38 bits per heavy atom. The maximum absolute atomic E-state index is 12.4. The first kappa shape index (κ1) is 15.9. The van der Waals surface area contributed by atoms with Crippen molar-refractivity contribution in [3.8, 4) is 0 Å². The Bertz CT molecular complexity index is 524. The number of pyridine rings is 1. The average molecular weight is 309 g/mol. The summed E-state index contributed by atoms with van der Waals surface area (Å²) in [6.45, 7) is 2.09.